The molecule has 14 heavy (non-hydrogen) atoms. The second-order valence-electron chi connectivity index (χ2n) is 3.99. The van der Waals surface area contributed by atoms with E-state index in [0.29, 0.717) is 12.0 Å². The molecule has 0 saturated heterocycles. The maximum absolute atomic E-state index is 5.86. The van der Waals surface area contributed by atoms with Crippen molar-refractivity contribution < 1.29 is 0 Å². The number of nitrogens with two attached hydrogens (primary N) is 1. The zero-order valence-electron chi connectivity index (χ0n) is 8.61. The Morgan fingerprint density at radius 1 is 1.43 bits per heavy atom. The Labute approximate surface area is 85.6 Å². The molecule has 0 amide bonds. The summed E-state index contributed by atoms with van der Waals surface area (Å²) in [6, 6.07) is 10.9. The van der Waals surface area contributed by atoms with E-state index in [1.165, 1.54) is 17.6 Å². The average molecular weight is 187 g/mol. The smallest absolute Gasteiger partial charge is 0.0112 e. The summed E-state index contributed by atoms with van der Waals surface area (Å²) in [4.78, 5) is 0. The third-order valence-electron chi connectivity index (χ3n) is 2.88. The molecule has 1 aromatic rings. The summed E-state index contributed by atoms with van der Waals surface area (Å²) >= 11 is 0. The fourth-order valence-electron chi connectivity index (χ4n) is 1.88. The Hall–Kier alpha value is -1.08. The van der Waals surface area contributed by atoms with E-state index in [1.807, 2.05) is 6.07 Å². The molecule has 1 nitrogen and oxygen atoms in total. The van der Waals surface area contributed by atoms with Crippen molar-refractivity contribution in [2.75, 3.05) is 0 Å². The summed E-state index contributed by atoms with van der Waals surface area (Å²) in [5.74, 6) is 0.653. The van der Waals surface area contributed by atoms with Crippen molar-refractivity contribution in [3.63, 3.8) is 0 Å². The minimum absolute atomic E-state index is 0.421. The van der Waals surface area contributed by atoms with Crippen molar-refractivity contribution >= 4 is 6.08 Å². The van der Waals surface area contributed by atoms with Crippen LogP contribution in [0.25, 0.3) is 6.08 Å². The molecule has 2 rings (SSSR count). The van der Waals surface area contributed by atoms with Crippen molar-refractivity contribution in [1.82, 2.24) is 0 Å². The van der Waals surface area contributed by atoms with E-state index < -0.39 is 0 Å². The van der Waals surface area contributed by atoms with Crippen LogP contribution in [0.3, 0.4) is 0 Å². The maximum Gasteiger partial charge on any atom is 0.0112 e. The molecule has 1 aromatic carbocycles. The van der Waals surface area contributed by atoms with E-state index in [0.717, 1.165) is 6.42 Å². The van der Waals surface area contributed by atoms with Crippen molar-refractivity contribution in [3.05, 3.63) is 41.5 Å². The van der Waals surface area contributed by atoms with Crippen LogP contribution in [0, 0.1) is 5.92 Å². The lowest BCUT2D eigenvalue weighted by Crippen LogP contribution is -2.03. The van der Waals surface area contributed by atoms with Gasteiger partial charge in [-0.25, -0.2) is 0 Å². The van der Waals surface area contributed by atoms with Gasteiger partial charge in [-0.1, -0.05) is 48.9 Å². The fraction of sp³-hybridized carbons (Fsp3) is 0.385. The zero-order chi connectivity index (χ0) is 9.97. The maximum atomic E-state index is 5.86. The van der Waals surface area contributed by atoms with E-state index in [2.05, 4.69) is 37.3 Å². The summed E-state index contributed by atoms with van der Waals surface area (Å²) in [7, 11) is 0. The highest BCUT2D eigenvalue weighted by Gasteiger charge is 2.35. The molecule has 0 spiro atoms. The summed E-state index contributed by atoms with van der Waals surface area (Å²) < 4.78 is 0. The average Bonchev–Trinajstić information content (AvgIpc) is 2.93. The van der Waals surface area contributed by atoms with E-state index >= 15 is 0 Å². The molecule has 0 aromatic heterocycles. The summed E-state index contributed by atoms with van der Waals surface area (Å²) in [6.45, 7) is 2.21. The van der Waals surface area contributed by atoms with Gasteiger partial charge in [0, 0.05) is 6.04 Å². The van der Waals surface area contributed by atoms with Crippen molar-refractivity contribution in [2.24, 2.45) is 11.7 Å². The zero-order valence-corrected chi connectivity index (χ0v) is 8.61. The Balaban J connectivity index is 2.15. The highest BCUT2D eigenvalue weighted by atomic mass is 14.7. The second kappa shape index (κ2) is 3.97. The van der Waals surface area contributed by atoms with Crippen LogP contribution in [0.2, 0.25) is 0 Å². The van der Waals surface area contributed by atoms with Gasteiger partial charge in [0.15, 0.2) is 0 Å². The van der Waals surface area contributed by atoms with Crippen LogP contribution >= 0.6 is 0 Å². The van der Waals surface area contributed by atoms with Crippen LogP contribution < -0.4 is 5.73 Å². The molecular formula is C13H17N. The van der Waals surface area contributed by atoms with Gasteiger partial charge < -0.3 is 5.73 Å². The van der Waals surface area contributed by atoms with Crippen LogP contribution in [-0.2, 0) is 0 Å². The van der Waals surface area contributed by atoms with E-state index in [9.17, 15) is 0 Å². The Morgan fingerprint density at radius 2 is 2.07 bits per heavy atom. The number of benzene rings is 1. The Kier molecular flexibility index (Phi) is 2.69. The molecule has 1 heteroatoms. The van der Waals surface area contributed by atoms with Gasteiger partial charge in [-0.3, -0.25) is 0 Å². The molecule has 2 atom stereocenters. The predicted octanol–water partition coefficient (Wildman–Crippen LogP) is 2.83. The molecule has 2 unspecified atom stereocenters. The van der Waals surface area contributed by atoms with Crippen LogP contribution in [0.4, 0.5) is 0 Å². The lowest BCUT2D eigenvalue weighted by molar-refractivity contribution is 0.870. The number of hydrogen-bond acceptors (Lipinski definition) is 1. The first-order chi connectivity index (χ1) is 6.81. The SMILES string of the molecule is CC/C(=C\c1ccccc1)C1CC1N. The van der Waals surface area contributed by atoms with Gasteiger partial charge in [0.05, 0.1) is 0 Å². The van der Waals surface area contributed by atoms with Crippen LogP contribution in [0.5, 0.6) is 0 Å². The van der Waals surface area contributed by atoms with Crippen LogP contribution in [0.15, 0.2) is 35.9 Å². The molecule has 0 bridgehead atoms. The van der Waals surface area contributed by atoms with Gasteiger partial charge in [0.1, 0.15) is 0 Å². The van der Waals surface area contributed by atoms with Gasteiger partial charge in [-0.05, 0) is 24.3 Å². The molecule has 0 radical (unpaired) electrons. The monoisotopic (exact) mass is 187 g/mol. The summed E-state index contributed by atoms with van der Waals surface area (Å²) in [6.07, 6.45) is 4.58. The summed E-state index contributed by atoms with van der Waals surface area (Å²) in [5, 5.41) is 0. The van der Waals surface area contributed by atoms with E-state index in [-0.39, 0.29) is 0 Å². The van der Waals surface area contributed by atoms with Crippen molar-refractivity contribution in [3.8, 4) is 0 Å². The molecule has 0 aliphatic heterocycles. The molecular weight excluding hydrogens is 170 g/mol. The quantitative estimate of drug-likeness (QED) is 0.773. The molecule has 1 fully saturated rings. The van der Waals surface area contributed by atoms with Gasteiger partial charge >= 0.3 is 0 Å². The topological polar surface area (TPSA) is 26.0 Å². The first kappa shape index (κ1) is 9.47. The first-order valence-electron chi connectivity index (χ1n) is 5.32. The Bertz CT molecular complexity index is 326. The third-order valence-corrected chi connectivity index (χ3v) is 2.88. The minimum Gasteiger partial charge on any atom is -0.327 e. The number of rotatable bonds is 3. The van der Waals surface area contributed by atoms with Gasteiger partial charge in [0.2, 0.25) is 0 Å². The normalized spacial score (nSPS) is 26.3. The molecule has 1 saturated carbocycles. The van der Waals surface area contributed by atoms with Crippen molar-refractivity contribution in [1.29, 1.82) is 0 Å². The third kappa shape index (κ3) is 2.05. The molecule has 1 aliphatic rings. The summed E-state index contributed by atoms with van der Waals surface area (Å²) in [5.41, 5.74) is 8.65. The van der Waals surface area contributed by atoms with Crippen molar-refractivity contribution in [2.45, 2.75) is 25.8 Å². The molecule has 74 valence electrons. The van der Waals surface area contributed by atoms with Gasteiger partial charge in [-0.2, -0.15) is 0 Å². The largest absolute Gasteiger partial charge is 0.327 e. The van der Waals surface area contributed by atoms with Crippen LogP contribution in [-0.4, -0.2) is 6.04 Å². The molecule has 0 heterocycles. The van der Waals surface area contributed by atoms with E-state index in [1.54, 1.807) is 0 Å². The standard InChI is InChI=1S/C13H17N/c1-2-11(12-9-13(12)14)8-10-6-4-3-5-7-10/h3-8,12-13H,2,9,14H2,1H3/b11-8+. The van der Waals surface area contributed by atoms with Crippen LogP contribution in [0.1, 0.15) is 25.3 Å². The highest BCUT2D eigenvalue weighted by molar-refractivity contribution is 5.54. The van der Waals surface area contributed by atoms with Gasteiger partial charge in [0.25, 0.3) is 0 Å². The van der Waals surface area contributed by atoms with E-state index in [4.69, 9.17) is 5.73 Å². The number of hydrogen-bond donors (Lipinski definition) is 1. The molecule has 1 aliphatic carbocycles. The lowest BCUT2D eigenvalue weighted by Gasteiger charge is -2.02. The molecule has 2 N–H and O–H groups in total. The Morgan fingerprint density at radius 3 is 2.57 bits per heavy atom. The lowest BCUT2D eigenvalue weighted by atomic mass is 10.0. The minimum atomic E-state index is 0.421. The second-order valence-corrected chi connectivity index (χ2v) is 3.99. The first-order valence-corrected chi connectivity index (χ1v) is 5.32. The van der Waals surface area contributed by atoms with Gasteiger partial charge in [-0.15, -0.1) is 0 Å². The fourth-order valence-corrected chi connectivity index (χ4v) is 1.88. The highest BCUT2D eigenvalue weighted by Crippen LogP contribution is 2.37. The predicted molar refractivity (Wildman–Crippen MR) is 60.8 cm³/mol.